The quantitative estimate of drug-likeness (QED) is 0.151. The van der Waals surface area contributed by atoms with Gasteiger partial charge in [-0.15, -0.1) is 0 Å². The van der Waals surface area contributed by atoms with Crippen LogP contribution in [0.1, 0.15) is 49.9 Å². The van der Waals surface area contributed by atoms with E-state index in [1.54, 1.807) is 20.4 Å². The Kier molecular flexibility index (Phi) is 9.77. The Bertz CT molecular complexity index is 1860. The first-order chi connectivity index (χ1) is 23.0. The molecule has 0 spiro atoms. The van der Waals surface area contributed by atoms with Crippen LogP contribution in [0.25, 0.3) is 6.08 Å². The number of benzene rings is 4. The SMILES string of the molecule is COc1ccc(/C=C/C2c3cc(OC)c(OCc4cccc(C)c4)cc3CCN2C(=O)c2cnccn2)cc1OCc1ccccc1. The summed E-state index contributed by atoms with van der Waals surface area (Å²) in [7, 11) is 3.26. The summed E-state index contributed by atoms with van der Waals surface area (Å²) in [5.74, 6) is 2.35. The predicted molar refractivity (Wildman–Crippen MR) is 181 cm³/mol. The third kappa shape index (κ3) is 7.44. The number of rotatable bonds is 11. The molecule has 5 aromatic rings. The van der Waals surface area contributed by atoms with E-state index in [0.717, 1.165) is 27.8 Å². The number of ether oxygens (including phenoxy) is 4. The van der Waals surface area contributed by atoms with Gasteiger partial charge in [0.1, 0.15) is 18.9 Å². The fraction of sp³-hybridized carbons (Fsp3) is 0.205. The van der Waals surface area contributed by atoms with E-state index in [1.807, 2.05) is 89.8 Å². The molecule has 0 radical (unpaired) electrons. The van der Waals surface area contributed by atoms with Gasteiger partial charge in [-0.3, -0.25) is 9.78 Å². The number of hydrogen-bond acceptors (Lipinski definition) is 7. The molecule has 8 heteroatoms. The average molecular weight is 628 g/mol. The Labute approximate surface area is 275 Å². The third-order valence-electron chi connectivity index (χ3n) is 8.12. The third-order valence-corrected chi connectivity index (χ3v) is 8.12. The monoisotopic (exact) mass is 627 g/mol. The molecule has 47 heavy (non-hydrogen) atoms. The number of methoxy groups -OCH3 is 2. The summed E-state index contributed by atoms with van der Waals surface area (Å²) in [6.45, 7) is 3.39. The number of carbonyl (C=O) groups excluding carboxylic acids is 1. The molecule has 1 amide bonds. The number of amides is 1. The Balaban J connectivity index is 1.32. The summed E-state index contributed by atoms with van der Waals surface area (Å²) in [6.07, 6.45) is 9.27. The molecule has 2 heterocycles. The van der Waals surface area contributed by atoms with Crippen LogP contribution in [0.4, 0.5) is 0 Å². The smallest absolute Gasteiger partial charge is 0.274 e. The molecule has 0 saturated heterocycles. The van der Waals surface area contributed by atoms with E-state index in [-0.39, 0.29) is 5.91 Å². The van der Waals surface area contributed by atoms with Crippen LogP contribution in [0.3, 0.4) is 0 Å². The van der Waals surface area contributed by atoms with Crippen molar-refractivity contribution in [3.63, 3.8) is 0 Å². The van der Waals surface area contributed by atoms with Gasteiger partial charge < -0.3 is 23.8 Å². The Morgan fingerprint density at radius 3 is 2.34 bits per heavy atom. The first-order valence-electron chi connectivity index (χ1n) is 15.5. The van der Waals surface area contributed by atoms with Crippen molar-refractivity contribution in [2.24, 2.45) is 0 Å². The minimum atomic E-state index is -0.399. The van der Waals surface area contributed by atoms with Gasteiger partial charge in [-0.2, -0.15) is 0 Å². The van der Waals surface area contributed by atoms with Gasteiger partial charge in [0.15, 0.2) is 23.0 Å². The standard InChI is InChI=1S/C39H37N3O5/c1-27-8-7-11-30(20-27)26-47-38-22-31-16-19-42(39(43)33-24-40-17-18-41-33)34(32(31)23-36(38)45-3)14-12-28-13-15-35(44-2)37(21-28)46-25-29-9-5-4-6-10-29/h4-15,17-18,20-24,34H,16,19,25-26H2,1-3H3/b14-12+. The van der Waals surface area contributed by atoms with Crippen LogP contribution in [-0.2, 0) is 19.6 Å². The van der Waals surface area contributed by atoms with E-state index >= 15 is 0 Å². The fourth-order valence-electron chi connectivity index (χ4n) is 5.73. The van der Waals surface area contributed by atoms with Gasteiger partial charge in [-0.25, -0.2) is 4.98 Å². The maximum Gasteiger partial charge on any atom is 0.274 e. The lowest BCUT2D eigenvalue weighted by molar-refractivity contribution is 0.0694. The second-order valence-electron chi connectivity index (χ2n) is 11.3. The first kappa shape index (κ1) is 31.4. The number of carbonyl (C=O) groups is 1. The van der Waals surface area contributed by atoms with Crippen molar-refractivity contribution in [1.29, 1.82) is 0 Å². The summed E-state index contributed by atoms with van der Waals surface area (Å²) in [5, 5.41) is 0. The lowest BCUT2D eigenvalue weighted by Crippen LogP contribution is -2.39. The maximum absolute atomic E-state index is 13.8. The van der Waals surface area contributed by atoms with Gasteiger partial charge in [-0.1, -0.05) is 78.4 Å². The summed E-state index contributed by atoms with van der Waals surface area (Å²) in [5.41, 5.74) is 6.56. The molecule has 4 aromatic carbocycles. The van der Waals surface area contributed by atoms with E-state index in [0.29, 0.717) is 54.9 Å². The number of hydrogen-bond donors (Lipinski definition) is 0. The predicted octanol–water partition coefficient (Wildman–Crippen LogP) is 7.41. The van der Waals surface area contributed by atoms with Crippen molar-refractivity contribution in [1.82, 2.24) is 14.9 Å². The average Bonchev–Trinajstić information content (AvgIpc) is 3.12. The highest BCUT2D eigenvalue weighted by Crippen LogP contribution is 2.40. The first-order valence-corrected chi connectivity index (χ1v) is 15.5. The molecular formula is C39H37N3O5. The van der Waals surface area contributed by atoms with Crippen LogP contribution < -0.4 is 18.9 Å². The topological polar surface area (TPSA) is 83.0 Å². The summed E-state index contributed by atoms with van der Waals surface area (Å²) in [6, 6.07) is 27.7. The van der Waals surface area contributed by atoms with Gasteiger partial charge in [0.25, 0.3) is 5.91 Å². The minimum absolute atomic E-state index is 0.196. The van der Waals surface area contributed by atoms with Gasteiger partial charge in [-0.05, 0) is 65.4 Å². The Morgan fingerprint density at radius 2 is 1.60 bits per heavy atom. The van der Waals surface area contributed by atoms with Crippen molar-refractivity contribution < 1.29 is 23.7 Å². The van der Waals surface area contributed by atoms with E-state index in [1.165, 1.54) is 18.0 Å². The van der Waals surface area contributed by atoms with Crippen molar-refractivity contribution in [3.05, 3.63) is 149 Å². The Hall–Kier alpha value is -5.63. The largest absolute Gasteiger partial charge is 0.493 e. The molecule has 1 aliphatic heterocycles. The molecule has 0 aliphatic carbocycles. The zero-order valence-electron chi connectivity index (χ0n) is 26.8. The molecule has 1 aromatic heterocycles. The maximum atomic E-state index is 13.8. The van der Waals surface area contributed by atoms with Crippen molar-refractivity contribution >= 4 is 12.0 Å². The van der Waals surface area contributed by atoms with Crippen molar-refractivity contribution in [2.75, 3.05) is 20.8 Å². The van der Waals surface area contributed by atoms with Gasteiger partial charge >= 0.3 is 0 Å². The van der Waals surface area contributed by atoms with Gasteiger partial charge in [0, 0.05) is 18.9 Å². The normalized spacial score (nSPS) is 14.0. The second kappa shape index (κ2) is 14.6. The van der Waals surface area contributed by atoms with Gasteiger partial charge in [0.05, 0.1) is 26.5 Å². The van der Waals surface area contributed by atoms with Crippen LogP contribution in [0.2, 0.25) is 0 Å². The number of fused-ring (bicyclic) bond motifs is 1. The highest BCUT2D eigenvalue weighted by molar-refractivity contribution is 5.92. The van der Waals surface area contributed by atoms with Crippen LogP contribution >= 0.6 is 0 Å². The molecule has 6 rings (SSSR count). The van der Waals surface area contributed by atoms with Crippen LogP contribution in [0.15, 0.2) is 110 Å². The molecule has 238 valence electrons. The van der Waals surface area contributed by atoms with Crippen LogP contribution in [0, 0.1) is 6.92 Å². The van der Waals surface area contributed by atoms with E-state index < -0.39 is 6.04 Å². The lowest BCUT2D eigenvalue weighted by atomic mass is 9.90. The lowest BCUT2D eigenvalue weighted by Gasteiger charge is -2.36. The molecule has 0 N–H and O–H groups in total. The minimum Gasteiger partial charge on any atom is -0.493 e. The summed E-state index contributed by atoms with van der Waals surface area (Å²) >= 11 is 0. The molecule has 1 aliphatic rings. The molecule has 0 fully saturated rings. The molecular weight excluding hydrogens is 590 g/mol. The van der Waals surface area contributed by atoms with Gasteiger partial charge in [0.2, 0.25) is 0 Å². The van der Waals surface area contributed by atoms with Crippen molar-refractivity contribution in [3.8, 4) is 23.0 Å². The molecule has 1 atom stereocenters. The summed E-state index contributed by atoms with van der Waals surface area (Å²) in [4.78, 5) is 24.0. The van der Waals surface area contributed by atoms with E-state index in [4.69, 9.17) is 18.9 Å². The van der Waals surface area contributed by atoms with Crippen LogP contribution in [0.5, 0.6) is 23.0 Å². The number of nitrogens with zero attached hydrogens (tertiary/aromatic N) is 3. The van der Waals surface area contributed by atoms with E-state index in [2.05, 4.69) is 29.0 Å². The fourth-order valence-corrected chi connectivity index (χ4v) is 5.73. The molecule has 0 bridgehead atoms. The zero-order chi connectivity index (χ0) is 32.6. The summed E-state index contributed by atoms with van der Waals surface area (Å²) < 4.78 is 23.8. The second-order valence-corrected chi connectivity index (χ2v) is 11.3. The molecule has 0 saturated carbocycles. The van der Waals surface area contributed by atoms with Crippen molar-refractivity contribution in [2.45, 2.75) is 32.6 Å². The van der Waals surface area contributed by atoms with E-state index in [9.17, 15) is 4.79 Å². The molecule has 1 unspecified atom stereocenters. The van der Waals surface area contributed by atoms with Crippen LogP contribution in [-0.4, -0.2) is 41.5 Å². The highest BCUT2D eigenvalue weighted by atomic mass is 16.5. The number of aromatic nitrogens is 2. The highest BCUT2D eigenvalue weighted by Gasteiger charge is 2.32. The Morgan fingerprint density at radius 1 is 0.830 bits per heavy atom. The zero-order valence-corrected chi connectivity index (χ0v) is 26.8. The number of aryl methyl sites for hydroxylation is 1. The molecule has 8 nitrogen and oxygen atoms in total.